The number of benzene rings is 3. The van der Waals surface area contributed by atoms with Crippen LogP contribution >= 0.6 is 0 Å². The van der Waals surface area contributed by atoms with Gasteiger partial charge in [-0.1, -0.05) is 131 Å². The number of aliphatic hydroxyl groups excluding tert-OH is 1. The van der Waals surface area contributed by atoms with Gasteiger partial charge in [0, 0.05) is 6.61 Å². The molecule has 0 saturated heterocycles. The topological polar surface area (TPSA) is 38.7 Å². The van der Waals surface area contributed by atoms with Gasteiger partial charge in [0.1, 0.15) is 5.60 Å². The van der Waals surface area contributed by atoms with Crippen LogP contribution in [0.25, 0.3) is 0 Å². The third-order valence-electron chi connectivity index (χ3n) is 7.63. The minimum Gasteiger partial charge on any atom is -0.413 e. The highest BCUT2D eigenvalue weighted by atomic mass is 28.4. The van der Waals surface area contributed by atoms with Gasteiger partial charge in [0.05, 0.1) is 12.7 Å². The summed E-state index contributed by atoms with van der Waals surface area (Å²) in [5.41, 5.74) is 2.54. The first-order valence-corrected chi connectivity index (χ1v) is 16.3. The average Bonchev–Trinajstić information content (AvgIpc) is 2.89. The van der Waals surface area contributed by atoms with Crippen molar-refractivity contribution in [3.63, 3.8) is 0 Å². The molecule has 0 aromatic heterocycles. The van der Waals surface area contributed by atoms with E-state index in [0.717, 1.165) is 16.7 Å². The zero-order chi connectivity index (χ0) is 26.9. The molecule has 198 valence electrons. The van der Waals surface area contributed by atoms with E-state index in [2.05, 4.69) is 126 Å². The van der Waals surface area contributed by atoms with Gasteiger partial charge in [-0.3, -0.25) is 0 Å². The molecular formula is C33H44O3Si. The molecule has 0 spiro atoms. The van der Waals surface area contributed by atoms with Gasteiger partial charge in [0.25, 0.3) is 0 Å². The molecule has 0 amide bonds. The number of rotatable bonds is 12. The Morgan fingerprint density at radius 3 is 1.59 bits per heavy atom. The first-order valence-electron chi connectivity index (χ1n) is 13.4. The maximum Gasteiger partial charge on any atom is 0.192 e. The molecule has 0 saturated carbocycles. The van der Waals surface area contributed by atoms with Crippen LogP contribution in [0.4, 0.5) is 0 Å². The monoisotopic (exact) mass is 516 g/mol. The number of hydrogen-bond donors (Lipinski definition) is 1. The average molecular weight is 517 g/mol. The predicted molar refractivity (Wildman–Crippen MR) is 157 cm³/mol. The molecule has 0 bridgehead atoms. The van der Waals surface area contributed by atoms with Gasteiger partial charge in [-0.15, -0.1) is 0 Å². The minimum absolute atomic E-state index is 0.0238. The van der Waals surface area contributed by atoms with Gasteiger partial charge in [-0.25, -0.2) is 0 Å². The Hall–Kier alpha value is -2.50. The second-order valence-electron chi connectivity index (χ2n) is 11.3. The highest BCUT2D eigenvalue weighted by molar-refractivity contribution is 6.74. The number of ether oxygens (including phenoxy) is 1. The maximum atomic E-state index is 9.73. The summed E-state index contributed by atoms with van der Waals surface area (Å²) in [7, 11) is -1.95. The summed E-state index contributed by atoms with van der Waals surface area (Å²) < 4.78 is 13.6. The fourth-order valence-corrected chi connectivity index (χ4v) is 5.89. The lowest BCUT2D eigenvalue weighted by atomic mass is 9.80. The molecule has 0 radical (unpaired) electrons. The van der Waals surface area contributed by atoms with Crippen molar-refractivity contribution in [3.05, 3.63) is 120 Å². The van der Waals surface area contributed by atoms with Gasteiger partial charge >= 0.3 is 0 Å². The molecular weight excluding hydrogens is 472 g/mol. The molecule has 0 aliphatic carbocycles. The molecule has 4 heteroatoms. The third kappa shape index (κ3) is 7.08. The lowest BCUT2D eigenvalue weighted by Gasteiger charge is -2.40. The van der Waals surface area contributed by atoms with E-state index >= 15 is 0 Å². The summed E-state index contributed by atoms with van der Waals surface area (Å²) in [4.78, 5) is 0. The summed E-state index contributed by atoms with van der Waals surface area (Å²) in [6, 6.07) is 31.3. The van der Waals surface area contributed by atoms with Crippen LogP contribution in [-0.2, 0) is 14.8 Å². The van der Waals surface area contributed by atoms with E-state index in [1.54, 1.807) is 0 Å². The van der Waals surface area contributed by atoms with Crippen molar-refractivity contribution in [3.8, 4) is 0 Å². The summed E-state index contributed by atoms with van der Waals surface area (Å²) in [5, 5.41) is 9.85. The molecule has 3 nitrogen and oxygen atoms in total. The van der Waals surface area contributed by atoms with Crippen LogP contribution in [0.1, 0.15) is 50.8 Å². The second-order valence-corrected chi connectivity index (χ2v) is 16.1. The zero-order valence-corrected chi connectivity index (χ0v) is 24.4. The van der Waals surface area contributed by atoms with Gasteiger partial charge in [0.2, 0.25) is 0 Å². The first-order chi connectivity index (χ1) is 17.6. The smallest absolute Gasteiger partial charge is 0.192 e. The number of aliphatic hydroxyl groups is 1. The SMILES string of the molecule is C[C@@H](C=CCOC(c1ccccc1)(c1ccccc1)c1ccccc1)[C@H](CCO)O[Si](C)(C)C(C)(C)C. The summed E-state index contributed by atoms with van der Waals surface area (Å²) in [6.45, 7) is 14.0. The Labute approximate surface area is 225 Å². The molecule has 0 aliphatic heterocycles. The Bertz CT molecular complexity index is 992. The van der Waals surface area contributed by atoms with E-state index in [1.165, 1.54) is 0 Å². The Morgan fingerprint density at radius 2 is 1.22 bits per heavy atom. The third-order valence-corrected chi connectivity index (χ3v) is 12.1. The molecule has 3 rings (SSSR count). The highest BCUT2D eigenvalue weighted by Crippen LogP contribution is 2.41. The van der Waals surface area contributed by atoms with E-state index in [4.69, 9.17) is 9.16 Å². The maximum absolute atomic E-state index is 9.73. The quantitative estimate of drug-likeness (QED) is 0.151. The zero-order valence-electron chi connectivity index (χ0n) is 23.4. The summed E-state index contributed by atoms with van der Waals surface area (Å²) in [6.07, 6.45) is 4.89. The molecule has 1 N–H and O–H groups in total. The van der Waals surface area contributed by atoms with Gasteiger partial charge < -0.3 is 14.3 Å². The van der Waals surface area contributed by atoms with E-state index in [1.807, 2.05) is 18.2 Å². The van der Waals surface area contributed by atoms with Crippen LogP contribution < -0.4 is 0 Å². The molecule has 0 fully saturated rings. The lowest BCUT2D eigenvalue weighted by molar-refractivity contribution is 0.0315. The summed E-state index contributed by atoms with van der Waals surface area (Å²) >= 11 is 0. The Morgan fingerprint density at radius 1 is 0.784 bits per heavy atom. The molecule has 0 unspecified atom stereocenters. The molecule has 3 aromatic rings. The highest BCUT2D eigenvalue weighted by Gasteiger charge is 2.40. The van der Waals surface area contributed by atoms with Gasteiger partial charge in [0.15, 0.2) is 8.32 Å². The van der Waals surface area contributed by atoms with Crippen molar-refractivity contribution in [2.24, 2.45) is 5.92 Å². The van der Waals surface area contributed by atoms with Crippen molar-refractivity contribution in [1.82, 2.24) is 0 Å². The van der Waals surface area contributed by atoms with E-state index in [9.17, 15) is 5.11 Å². The van der Waals surface area contributed by atoms with Gasteiger partial charge in [-0.05, 0) is 47.2 Å². The minimum atomic E-state index is -1.95. The van der Waals surface area contributed by atoms with Crippen LogP contribution in [0.15, 0.2) is 103 Å². The lowest BCUT2D eigenvalue weighted by Crippen LogP contribution is -2.45. The van der Waals surface area contributed by atoms with Gasteiger partial charge in [-0.2, -0.15) is 0 Å². The fourth-order valence-electron chi connectivity index (χ4n) is 4.45. The first kappa shape index (κ1) is 29.1. The van der Waals surface area contributed by atoms with Crippen molar-refractivity contribution in [2.75, 3.05) is 13.2 Å². The molecule has 37 heavy (non-hydrogen) atoms. The number of hydrogen-bond acceptors (Lipinski definition) is 3. The van der Waals surface area contributed by atoms with Crippen LogP contribution in [0.5, 0.6) is 0 Å². The Kier molecular flexibility index (Phi) is 10.1. The standard InChI is InChI=1S/C33H44O3Si/c1-27(31(24-25-34)36-37(5,6)32(2,3)4)17-16-26-35-33(28-18-10-7-11-19-28,29-20-12-8-13-21-29)30-22-14-9-15-23-30/h7-23,27,31,34H,24-26H2,1-6H3/t27-,31-/m0/s1. The molecule has 3 aromatic carbocycles. The van der Waals surface area contributed by atoms with Crippen molar-refractivity contribution in [1.29, 1.82) is 0 Å². The van der Waals surface area contributed by atoms with Crippen LogP contribution in [0.3, 0.4) is 0 Å². The molecule has 0 aliphatic rings. The predicted octanol–water partition coefficient (Wildman–Crippen LogP) is 7.96. The van der Waals surface area contributed by atoms with Crippen LogP contribution in [-0.4, -0.2) is 32.7 Å². The Balaban J connectivity index is 1.89. The van der Waals surface area contributed by atoms with E-state index < -0.39 is 13.9 Å². The normalized spacial score (nSPS) is 14.6. The van der Waals surface area contributed by atoms with Crippen molar-refractivity contribution >= 4 is 8.32 Å². The van der Waals surface area contributed by atoms with Crippen LogP contribution in [0.2, 0.25) is 18.1 Å². The fraction of sp³-hybridized carbons (Fsp3) is 0.394. The molecule has 0 heterocycles. The van der Waals surface area contributed by atoms with Crippen LogP contribution in [0, 0.1) is 5.92 Å². The molecule has 2 atom stereocenters. The van der Waals surface area contributed by atoms with Crippen molar-refractivity contribution in [2.45, 2.75) is 64.0 Å². The van der Waals surface area contributed by atoms with E-state index in [-0.39, 0.29) is 23.7 Å². The van der Waals surface area contributed by atoms with Crippen molar-refractivity contribution < 1.29 is 14.3 Å². The van der Waals surface area contributed by atoms with E-state index in [0.29, 0.717) is 13.0 Å². The largest absolute Gasteiger partial charge is 0.413 e. The second kappa shape index (κ2) is 12.8. The summed E-state index contributed by atoms with van der Waals surface area (Å²) in [5.74, 6) is 0.157.